The molecule has 0 atom stereocenters. The molecule has 0 aliphatic heterocycles. The van der Waals surface area contributed by atoms with Gasteiger partial charge in [0, 0.05) is 5.56 Å². The van der Waals surface area contributed by atoms with Crippen LogP contribution in [0.4, 0.5) is 0 Å². The highest BCUT2D eigenvalue weighted by Gasteiger charge is 2.11. The van der Waals surface area contributed by atoms with Crippen molar-refractivity contribution in [2.45, 2.75) is 13.8 Å². The van der Waals surface area contributed by atoms with Gasteiger partial charge in [-0.3, -0.25) is 4.79 Å². The first-order chi connectivity index (χ1) is 10.5. The van der Waals surface area contributed by atoms with Gasteiger partial charge >= 0.3 is 0 Å². The van der Waals surface area contributed by atoms with Gasteiger partial charge in [0.2, 0.25) is 0 Å². The number of hydrogen-bond acceptors (Lipinski definition) is 3. The average Bonchev–Trinajstić information content (AvgIpc) is 2.52. The first-order valence-electron chi connectivity index (χ1n) is 7.07. The van der Waals surface area contributed by atoms with E-state index in [1.54, 1.807) is 20.3 Å². The Morgan fingerprint density at radius 2 is 1.45 bits per heavy atom. The lowest BCUT2D eigenvalue weighted by Gasteiger charge is -2.09. The van der Waals surface area contributed by atoms with E-state index >= 15 is 0 Å². The zero-order valence-electron chi connectivity index (χ0n) is 13.3. The van der Waals surface area contributed by atoms with E-state index in [1.807, 2.05) is 56.3 Å². The Hall–Kier alpha value is -2.55. The Morgan fingerprint density at radius 1 is 0.909 bits per heavy atom. The summed E-state index contributed by atoms with van der Waals surface area (Å²) < 4.78 is 10.3. The Morgan fingerprint density at radius 3 is 1.95 bits per heavy atom. The van der Waals surface area contributed by atoms with Crippen molar-refractivity contribution < 1.29 is 14.3 Å². The number of ether oxygens (including phenoxy) is 2. The lowest BCUT2D eigenvalue weighted by atomic mass is 9.98. The third-order valence-electron chi connectivity index (χ3n) is 3.53. The maximum atomic E-state index is 12.4. The quantitative estimate of drug-likeness (QED) is 0.612. The maximum Gasteiger partial charge on any atom is 0.186 e. The first-order valence-corrected chi connectivity index (χ1v) is 7.07. The molecule has 0 heterocycles. The molecule has 2 aromatic rings. The largest absolute Gasteiger partial charge is 0.497 e. The number of benzene rings is 2. The molecule has 0 fully saturated rings. The zero-order valence-corrected chi connectivity index (χ0v) is 13.3. The number of carbonyl (C=O) groups is 1. The number of methoxy groups -OCH3 is 2. The summed E-state index contributed by atoms with van der Waals surface area (Å²) in [7, 11) is 3.25. The lowest BCUT2D eigenvalue weighted by Crippen LogP contribution is -2.02. The van der Waals surface area contributed by atoms with Gasteiger partial charge in [-0.1, -0.05) is 18.2 Å². The van der Waals surface area contributed by atoms with Crippen LogP contribution in [0.25, 0.3) is 6.08 Å². The van der Waals surface area contributed by atoms with Gasteiger partial charge in [0.25, 0.3) is 0 Å². The van der Waals surface area contributed by atoms with E-state index in [0.717, 1.165) is 33.8 Å². The van der Waals surface area contributed by atoms with Crippen molar-refractivity contribution >= 4 is 11.9 Å². The molecule has 0 radical (unpaired) electrons. The minimum absolute atomic E-state index is 0.00605. The van der Waals surface area contributed by atoms with Crippen molar-refractivity contribution in [3.63, 3.8) is 0 Å². The molecule has 2 rings (SSSR count). The summed E-state index contributed by atoms with van der Waals surface area (Å²) in [6.45, 7) is 3.84. The Bertz CT molecular complexity index is 674. The number of carbonyl (C=O) groups excluding carboxylic acids is 1. The van der Waals surface area contributed by atoms with E-state index in [9.17, 15) is 4.79 Å². The van der Waals surface area contributed by atoms with E-state index in [2.05, 4.69) is 0 Å². The maximum absolute atomic E-state index is 12.4. The molecule has 0 saturated heterocycles. The number of ketones is 1. The third-order valence-corrected chi connectivity index (χ3v) is 3.53. The molecule has 0 N–H and O–H groups in total. The monoisotopic (exact) mass is 296 g/mol. The van der Waals surface area contributed by atoms with Crippen LogP contribution in [0, 0.1) is 13.8 Å². The van der Waals surface area contributed by atoms with Gasteiger partial charge < -0.3 is 9.47 Å². The molecule has 3 nitrogen and oxygen atoms in total. The van der Waals surface area contributed by atoms with Crippen LogP contribution in [0.3, 0.4) is 0 Å². The average molecular weight is 296 g/mol. The molecule has 0 saturated carbocycles. The van der Waals surface area contributed by atoms with E-state index in [0.29, 0.717) is 0 Å². The molecular formula is C19H20O3. The van der Waals surface area contributed by atoms with Crippen LogP contribution >= 0.6 is 0 Å². The first kappa shape index (κ1) is 15.8. The van der Waals surface area contributed by atoms with Crippen LogP contribution < -0.4 is 9.47 Å². The summed E-state index contributed by atoms with van der Waals surface area (Å²) in [5.74, 6) is 1.56. The number of allylic oxidation sites excluding steroid dienone is 1. The molecule has 0 aliphatic carbocycles. The van der Waals surface area contributed by atoms with Gasteiger partial charge in [-0.25, -0.2) is 0 Å². The van der Waals surface area contributed by atoms with Gasteiger partial charge in [0.05, 0.1) is 14.2 Å². The molecule has 0 aliphatic rings. The van der Waals surface area contributed by atoms with E-state index in [1.165, 1.54) is 0 Å². The van der Waals surface area contributed by atoms with Crippen LogP contribution in [-0.4, -0.2) is 20.0 Å². The molecule has 114 valence electrons. The number of rotatable bonds is 5. The summed E-state index contributed by atoms with van der Waals surface area (Å²) in [4.78, 5) is 12.4. The van der Waals surface area contributed by atoms with Crippen molar-refractivity contribution in [3.8, 4) is 11.5 Å². The second kappa shape index (κ2) is 6.94. The van der Waals surface area contributed by atoms with Crippen LogP contribution in [0.2, 0.25) is 0 Å². The van der Waals surface area contributed by atoms with Crippen molar-refractivity contribution in [3.05, 3.63) is 64.7 Å². The summed E-state index contributed by atoms with van der Waals surface area (Å²) in [6.07, 6.45) is 3.41. The molecule has 22 heavy (non-hydrogen) atoms. The van der Waals surface area contributed by atoms with Crippen molar-refractivity contribution in [2.75, 3.05) is 14.2 Å². The van der Waals surface area contributed by atoms with Crippen molar-refractivity contribution in [1.29, 1.82) is 0 Å². The normalized spacial score (nSPS) is 10.7. The van der Waals surface area contributed by atoms with Crippen LogP contribution in [-0.2, 0) is 0 Å². The summed E-state index contributed by atoms with van der Waals surface area (Å²) in [6, 6.07) is 11.3. The standard InChI is InChI=1S/C19H20O3/c1-13-11-17(22-4)12-14(2)19(13)18(20)10-7-15-5-8-16(21-3)9-6-15/h5-12H,1-4H3. The molecule has 0 spiro atoms. The topological polar surface area (TPSA) is 35.5 Å². The zero-order chi connectivity index (χ0) is 16.1. The molecule has 0 aromatic heterocycles. The van der Waals surface area contributed by atoms with Crippen LogP contribution in [0.5, 0.6) is 11.5 Å². The fourth-order valence-corrected chi connectivity index (χ4v) is 2.40. The fourth-order valence-electron chi connectivity index (χ4n) is 2.40. The van der Waals surface area contributed by atoms with Gasteiger partial charge in [-0.2, -0.15) is 0 Å². The second-order valence-corrected chi connectivity index (χ2v) is 5.11. The van der Waals surface area contributed by atoms with E-state index in [4.69, 9.17) is 9.47 Å². The predicted octanol–water partition coefficient (Wildman–Crippen LogP) is 4.22. The van der Waals surface area contributed by atoms with Crippen LogP contribution in [0.1, 0.15) is 27.0 Å². The highest BCUT2D eigenvalue weighted by atomic mass is 16.5. The smallest absolute Gasteiger partial charge is 0.186 e. The Balaban J connectivity index is 2.23. The molecule has 0 bridgehead atoms. The minimum Gasteiger partial charge on any atom is -0.497 e. The minimum atomic E-state index is -0.00605. The number of hydrogen-bond donors (Lipinski definition) is 0. The molecule has 3 heteroatoms. The summed E-state index contributed by atoms with van der Waals surface area (Å²) in [5, 5.41) is 0. The summed E-state index contributed by atoms with van der Waals surface area (Å²) in [5.41, 5.74) is 3.52. The van der Waals surface area contributed by atoms with E-state index < -0.39 is 0 Å². The number of aryl methyl sites for hydroxylation is 2. The van der Waals surface area contributed by atoms with Crippen LogP contribution in [0.15, 0.2) is 42.5 Å². The van der Waals surface area contributed by atoms with E-state index in [-0.39, 0.29) is 5.78 Å². The molecular weight excluding hydrogens is 276 g/mol. The Kier molecular flexibility index (Phi) is 4.99. The predicted molar refractivity (Wildman–Crippen MR) is 88.8 cm³/mol. The highest BCUT2D eigenvalue weighted by molar-refractivity contribution is 6.08. The SMILES string of the molecule is COc1ccc(C=CC(=O)c2c(C)cc(OC)cc2C)cc1. The fraction of sp³-hybridized carbons (Fsp3) is 0.211. The Labute approximate surface area is 131 Å². The lowest BCUT2D eigenvalue weighted by molar-refractivity contribution is 0.104. The van der Waals surface area contributed by atoms with Crippen molar-refractivity contribution in [1.82, 2.24) is 0 Å². The van der Waals surface area contributed by atoms with Gasteiger partial charge in [-0.15, -0.1) is 0 Å². The molecule has 0 unspecified atom stereocenters. The highest BCUT2D eigenvalue weighted by Crippen LogP contribution is 2.22. The molecule has 0 amide bonds. The van der Waals surface area contributed by atoms with Crippen molar-refractivity contribution in [2.24, 2.45) is 0 Å². The van der Waals surface area contributed by atoms with Gasteiger partial charge in [0.1, 0.15) is 11.5 Å². The summed E-state index contributed by atoms with van der Waals surface area (Å²) >= 11 is 0. The second-order valence-electron chi connectivity index (χ2n) is 5.11. The van der Waals surface area contributed by atoms with Gasteiger partial charge in [0.15, 0.2) is 5.78 Å². The third kappa shape index (κ3) is 3.55. The molecule has 2 aromatic carbocycles. The van der Waals surface area contributed by atoms with Gasteiger partial charge in [-0.05, 0) is 60.9 Å².